The van der Waals surface area contributed by atoms with E-state index in [0.29, 0.717) is 0 Å². The Labute approximate surface area is 127 Å². The monoisotopic (exact) mass is 300 g/mol. The predicted molar refractivity (Wildman–Crippen MR) is 91.6 cm³/mol. The van der Waals surface area contributed by atoms with Crippen molar-refractivity contribution >= 4 is 8.32 Å². The summed E-state index contributed by atoms with van der Waals surface area (Å²) >= 11 is 0. The van der Waals surface area contributed by atoms with Gasteiger partial charge in [-0.15, -0.1) is 0 Å². The van der Waals surface area contributed by atoms with Crippen molar-refractivity contribution in [3.8, 4) is 0 Å². The lowest BCUT2D eigenvalue weighted by Gasteiger charge is -2.39. The van der Waals surface area contributed by atoms with Gasteiger partial charge in [-0.3, -0.25) is 0 Å². The van der Waals surface area contributed by atoms with Gasteiger partial charge in [0.1, 0.15) is 0 Å². The summed E-state index contributed by atoms with van der Waals surface area (Å²) in [5.41, 5.74) is 0. The molecule has 0 saturated carbocycles. The fourth-order valence-electron chi connectivity index (χ4n) is 1.90. The highest BCUT2D eigenvalue weighted by Gasteiger charge is 2.39. The van der Waals surface area contributed by atoms with Crippen LogP contribution < -0.4 is 0 Å². The molecule has 0 aromatic rings. The van der Waals surface area contributed by atoms with E-state index in [2.05, 4.69) is 40.8 Å². The molecule has 120 valence electrons. The zero-order chi connectivity index (χ0) is 15.8. The Morgan fingerprint density at radius 1 is 1.15 bits per heavy atom. The predicted octanol–water partition coefficient (Wildman–Crippen LogP) is 5.28. The van der Waals surface area contributed by atoms with Crippen molar-refractivity contribution in [2.45, 2.75) is 97.1 Å². The van der Waals surface area contributed by atoms with E-state index in [1.165, 1.54) is 19.3 Å². The van der Waals surface area contributed by atoms with Crippen LogP contribution in [0.15, 0.2) is 12.2 Å². The number of hydrogen-bond acceptors (Lipinski definition) is 2. The van der Waals surface area contributed by atoms with Crippen LogP contribution in [0.2, 0.25) is 18.1 Å². The molecular weight excluding hydrogens is 264 g/mol. The molecular formula is C17H36O2Si. The van der Waals surface area contributed by atoms with Gasteiger partial charge in [0.15, 0.2) is 8.32 Å². The molecule has 3 heteroatoms. The first-order valence-corrected chi connectivity index (χ1v) is 11.0. The van der Waals surface area contributed by atoms with Crippen LogP contribution in [0.5, 0.6) is 0 Å². The minimum Gasteiger partial charge on any atom is -0.408 e. The van der Waals surface area contributed by atoms with Crippen molar-refractivity contribution in [3.05, 3.63) is 12.2 Å². The summed E-state index contributed by atoms with van der Waals surface area (Å²) in [5, 5.41) is 10.6. The van der Waals surface area contributed by atoms with E-state index in [1.54, 1.807) is 0 Å². The van der Waals surface area contributed by atoms with Gasteiger partial charge < -0.3 is 9.53 Å². The van der Waals surface area contributed by atoms with Crippen molar-refractivity contribution in [2.24, 2.45) is 0 Å². The first-order valence-electron chi connectivity index (χ1n) is 8.14. The molecule has 0 fully saturated rings. The number of aliphatic hydroxyl groups is 1. The highest BCUT2D eigenvalue weighted by atomic mass is 28.4. The third-order valence-electron chi connectivity index (χ3n) is 4.35. The smallest absolute Gasteiger partial charge is 0.193 e. The van der Waals surface area contributed by atoms with Crippen LogP contribution in [0.4, 0.5) is 0 Å². The molecule has 0 rings (SSSR count). The molecule has 20 heavy (non-hydrogen) atoms. The maximum absolute atomic E-state index is 10.4. The molecule has 0 aliphatic rings. The third-order valence-corrected chi connectivity index (χ3v) is 8.83. The molecule has 0 aliphatic heterocycles. The van der Waals surface area contributed by atoms with Crippen molar-refractivity contribution in [1.82, 2.24) is 0 Å². The fraction of sp³-hybridized carbons (Fsp3) is 0.882. The number of hydrogen-bond donors (Lipinski definition) is 1. The molecule has 0 unspecified atom stereocenters. The maximum Gasteiger partial charge on any atom is 0.193 e. The van der Waals surface area contributed by atoms with Crippen LogP contribution in [-0.2, 0) is 4.43 Å². The summed E-state index contributed by atoms with van der Waals surface area (Å²) in [6.07, 6.45) is 9.10. The number of rotatable bonds is 9. The Hall–Kier alpha value is -0.123. The normalized spacial score (nSPS) is 16.6. The zero-order valence-electron chi connectivity index (χ0n) is 14.7. The first-order chi connectivity index (χ1) is 9.15. The summed E-state index contributed by atoms with van der Waals surface area (Å²) in [6, 6.07) is 0. The van der Waals surface area contributed by atoms with Gasteiger partial charge in [-0.05, 0) is 31.5 Å². The van der Waals surface area contributed by atoms with Crippen molar-refractivity contribution in [3.63, 3.8) is 0 Å². The Morgan fingerprint density at radius 3 is 2.20 bits per heavy atom. The first kappa shape index (κ1) is 19.9. The highest BCUT2D eigenvalue weighted by Crippen LogP contribution is 2.38. The lowest BCUT2D eigenvalue weighted by atomic mass is 10.1. The largest absolute Gasteiger partial charge is 0.408 e. The van der Waals surface area contributed by atoms with Gasteiger partial charge in [0.25, 0.3) is 0 Å². The summed E-state index contributed by atoms with van der Waals surface area (Å²) < 4.78 is 6.36. The minimum atomic E-state index is -1.83. The van der Waals surface area contributed by atoms with Crippen molar-refractivity contribution in [2.75, 3.05) is 0 Å². The standard InChI is InChI=1S/C17H36O2Si/c1-8-10-11-12-14-15(18)16(13-9-2)19-20(6,7)17(3,4)5/h9,13,15-16,18H,8,10-12,14H2,1-7H3/b13-9+/t15-,16-/m0/s1. The molecule has 0 aliphatic carbocycles. The molecule has 2 nitrogen and oxygen atoms in total. The van der Waals surface area contributed by atoms with Crippen LogP contribution in [-0.4, -0.2) is 25.6 Å². The summed E-state index contributed by atoms with van der Waals surface area (Å²) in [5.74, 6) is 0. The van der Waals surface area contributed by atoms with E-state index in [1.807, 2.05) is 19.1 Å². The Bertz CT molecular complexity index is 279. The molecule has 0 aromatic heterocycles. The zero-order valence-corrected chi connectivity index (χ0v) is 15.7. The van der Waals surface area contributed by atoms with Crippen LogP contribution in [0.3, 0.4) is 0 Å². The minimum absolute atomic E-state index is 0.150. The van der Waals surface area contributed by atoms with Crippen LogP contribution in [0, 0.1) is 0 Å². The molecule has 0 heterocycles. The van der Waals surface area contributed by atoms with Crippen LogP contribution in [0.25, 0.3) is 0 Å². The van der Waals surface area contributed by atoms with Crippen LogP contribution >= 0.6 is 0 Å². The molecule has 0 spiro atoms. The van der Waals surface area contributed by atoms with Gasteiger partial charge in [0, 0.05) is 0 Å². The quantitative estimate of drug-likeness (QED) is 0.356. The van der Waals surface area contributed by atoms with E-state index < -0.39 is 8.32 Å². The second kappa shape index (κ2) is 9.01. The van der Waals surface area contributed by atoms with E-state index in [-0.39, 0.29) is 17.2 Å². The molecule has 0 bridgehead atoms. The van der Waals surface area contributed by atoms with Gasteiger partial charge in [0.2, 0.25) is 0 Å². The van der Waals surface area contributed by atoms with Gasteiger partial charge >= 0.3 is 0 Å². The third kappa shape index (κ3) is 7.05. The average Bonchev–Trinajstić information content (AvgIpc) is 2.32. The topological polar surface area (TPSA) is 29.5 Å². The van der Waals surface area contributed by atoms with Crippen molar-refractivity contribution in [1.29, 1.82) is 0 Å². The van der Waals surface area contributed by atoms with Gasteiger partial charge in [-0.1, -0.05) is 65.5 Å². The number of aliphatic hydroxyl groups excluding tert-OH is 1. The van der Waals surface area contributed by atoms with Gasteiger partial charge in [-0.2, -0.15) is 0 Å². The second-order valence-corrected chi connectivity index (χ2v) is 12.0. The number of unbranched alkanes of at least 4 members (excludes halogenated alkanes) is 3. The lowest BCUT2D eigenvalue weighted by molar-refractivity contribution is 0.0479. The van der Waals surface area contributed by atoms with E-state index >= 15 is 0 Å². The van der Waals surface area contributed by atoms with E-state index in [0.717, 1.165) is 12.8 Å². The molecule has 0 radical (unpaired) electrons. The summed E-state index contributed by atoms with van der Waals surface area (Å²) in [4.78, 5) is 0. The Kier molecular flexibility index (Phi) is 8.95. The molecule has 0 aromatic carbocycles. The second-order valence-electron chi connectivity index (χ2n) is 7.29. The Balaban J connectivity index is 4.56. The molecule has 2 atom stereocenters. The highest BCUT2D eigenvalue weighted by molar-refractivity contribution is 6.74. The van der Waals surface area contributed by atoms with Crippen LogP contribution in [0.1, 0.15) is 66.7 Å². The molecule has 0 amide bonds. The lowest BCUT2D eigenvalue weighted by Crippen LogP contribution is -2.46. The Morgan fingerprint density at radius 2 is 1.75 bits per heavy atom. The maximum atomic E-state index is 10.4. The molecule has 1 N–H and O–H groups in total. The van der Waals surface area contributed by atoms with Gasteiger partial charge in [0.05, 0.1) is 12.2 Å². The van der Waals surface area contributed by atoms with E-state index in [9.17, 15) is 5.11 Å². The summed E-state index contributed by atoms with van der Waals surface area (Å²) in [6.45, 7) is 15.4. The fourth-order valence-corrected chi connectivity index (χ4v) is 3.17. The number of allylic oxidation sites excluding steroid dienone is 1. The average molecular weight is 301 g/mol. The van der Waals surface area contributed by atoms with E-state index in [4.69, 9.17) is 4.43 Å². The van der Waals surface area contributed by atoms with Crippen molar-refractivity contribution < 1.29 is 9.53 Å². The summed E-state index contributed by atoms with van der Waals surface area (Å²) in [7, 11) is -1.83. The molecule has 0 saturated heterocycles. The van der Waals surface area contributed by atoms with Gasteiger partial charge in [-0.25, -0.2) is 0 Å². The SMILES string of the molecule is C/C=C/[C@H](O[Si](C)(C)C(C)(C)C)[C@@H](O)CCCCCC.